The average Bonchev–Trinajstić information content (AvgIpc) is 3.25. The summed E-state index contributed by atoms with van der Waals surface area (Å²) in [6.07, 6.45) is -8.00. The lowest BCUT2D eigenvalue weighted by Gasteiger charge is -2.31. The summed E-state index contributed by atoms with van der Waals surface area (Å²) in [5, 5.41) is 0. The summed E-state index contributed by atoms with van der Waals surface area (Å²) in [4.78, 5) is 16.7. The van der Waals surface area contributed by atoms with Crippen LogP contribution in [0.15, 0.2) is 48.5 Å². The molecular formula is C23H24F6N2O. The van der Waals surface area contributed by atoms with Crippen LogP contribution in [0.5, 0.6) is 0 Å². The molecule has 0 radical (unpaired) electrons. The minimum atomic E-state index is -4.90. The zero-order valence-corrected chi connectivity index (χ0v) is 17.5. The van der Waals surface area contributed by atoms with Gasteiger partial charge in [0.2, 0.25) is 5.91 Å². The Morgan fingerprint density at radius 3 is 1.97 bits per heavy atom. The maximum atomic E-state index is 13.2. The van der Waals surface area contributed by atoms with E-state index < -0.39 is 29.5 Å². The third-order valence-electron chi connectivity index (χ3n) is 5.61. The second kappa shape index (κ2) is 9.52. The van der Waals surface area contributed by atoms with Gasteiger partial charge < -0.3 is 4.90 Å². The zero-order chi connectivity index (χ0) is 23.5. The highest BCUT2D eigenvalue weighted by molar-refractivity contribution is 5.83. The van der Waals surface area contributed by atoms with E-state index in [0.717, 1.165) is 31.5 Å². The van der Waals surface area contributed by atoms with Crippen molar-refractivity contribution in [2.75, 3.05) is 26.7 Å². The number of alkyl halides is 6. The van der Waals surface area contributed by atoms with E-state index in [1.165, 1.54) is 11.9 Å². The quantitative estimate of drug-likeness (QED) is 0.529. The molecular weight excluding hydrogens is 434 g/mol. The number of benzene rings is 2. The molecule has 1 atom stereocenters. The van der Waals surface area contributed by atoms with E-state index in [2.05, 4.69) is 4.90 Å². The number of likely N-dealkylation sites (tertiary alicyclic amines) is 1. The van der Waals surface area contributed by atoms with Crippen molar-refractivity contribution >= 4 is 5.91 Å². The van der Waals surface area contributed by atoms with Gasteiger partial charge in [0, 0.05) is 13.6 Å². The van der Waals surface area contributed by atoms with Crippen LogP contribution in [0.3, 0.4) is 0 Å². The predicted molar refractivity (Wildman–Crippen MR) is 108 cm³/mol. The molecule has 0 aromatic heterocycles. The van der Waals surface area contributed by atoms with Gasteiger partial charge in [-0.2, -0.15) is 26.3 Å². The number of rotatable bonds is 6. The molecule has 3 rings (SSSR count). The van der Waals surface area contributed by atoms with Crippen molar-refractivity contribution in [3.8, 4) is 0 Å². The first kappa shape index (κ1) is 24.1. The first-order chi connectivity index (χ1) is 15.0. The minimum Gasteiger partial charge on any atom is -0.344 e. The molecule has 1 aliphatic heterocycles. The molecule has 1 aliphatic rings. The summed E-state index contributed by atoms with van der Waals surface area (Å²) in [5.74, 6) is -0.235. The maximum absolute atomic E-state index is 13.2. The van der Waals surface area contributed by atoms with Gasteiger partial charge in [0.05, 0.1) is 11.1 Å². The largest absolute Gasteiger partial charge is 0.416 e. The van der Waals surface area contributed by atoms with Crippen molar-refractivity contribution in [2.24, 2.45) is 0 Å². The van der Waals surface area contributed by atoms with Gasteiger partial charge in [-0.1, -0.05) is 30.3 Å². The van der Waals surface area contributed by atoms with E-state index in [4.69, 9.17) is 0 Å². The summed E-state index contributed by atoms with van der Waals surface area (Å²) in [7, 11) is 1.52. The van der Waals surface area contributed by atoms with E-state index in [1.807, 2.05) is 30.3 Å². The van der Waals surface area contributed by atoms with Gasteiger partial charge in [-0.15, -0.1) is 0 Å². The van der Waals surface area contributed by atoms with Gasteiger partial charge in [-0.05, 0) is 61.7 Å². The molecule has 2 aromatic rings. The van der Waals surface area contributed by atoms with Gasteiger partial charge in [0.25, 0.3) is 0 Å². The summed E-state index contributed by atoms with van der Waals surface area (Å²) in [6, 6.07) is 10.2. The molecule has 1 saturated heterocycles. The fourth-order valence-electron chi connectivity index (χ4n) is 3.92. The molecule has 0 bridgehead atoms. The molecule has 3 nitrogen and oxygen atoms in total. The van der Waals surface area contributed by atoms with Crippen LogP contribution >= 0.6 is 0 Å². The monoisotopic (exact) mass is 458 g/mol. The number of carbonyl (C=O) groups excluding carboxylic acids is 1. The van der Waals surface area contributed by atoms with Gasteiger partial charge in [0.15, 0.2) is 0 Å². The highest BCUT2D eigenvalue weighted by Crippen LogP contribution is 2.36. The standard InChI is InChI=1S/C23H24F6N2O/c1-30(21(32)20(31-10-5-6-11-31)17-7-3-2-4-8-17)12-9-16-13-18(22(24,25)26)15-19(14-16)23(27,28)29/h2-4,7-8,13-15,20H,5-6,9-12H2,1H3. The lowest BCUT2D eigenvalue weighted by Crippen LogP contribution is -2.41. The Morgan fingerprint density at radius 1 is 0.938 bits per heavy atom. The van der Waals surface area contributed by atoms with E-state index in [9.17, 15) is 31.1 Å². The Labute approximate surface area is 182 Å². The number of likely N-dealkylation sites (N-methyl/N-ethyl adjacent to an activating group) is 1. The highest BCUT2D eigenvalue weighted by Gasteiger charge is 2.37. The van der Waals surface area contributed by atoms with Crippen LogP contribution in [0, 0.1) is 0 Å². The van der Waals surface area contributed by atoms with Crippen molar-refractivity contribution in [3.05, 3.63) is 70.8 Å². The van der Waals surface area contributed by atoms with Crippen molar-refractivity contribution in [1.29, 1.82) is 0 Å². The molecule has 174 valence electrons. The summed E-state index contributed by atoms with van der Waals surface area (Å²) >= 11 is 0. The van der Waals surface area contributed by atoms with Crippen molar-refractivity contribution in [3.63, 3.8) is 0 Å². The van der Waals surface area contributed by atoms with Crippen molar-refractivity contribution in [1.82, 2.24) is 9.80 Å². The average molecular weight is 458 g/mol. The lowest BCUT2D eigenvalue weighted by atomic mass is 10.0. The van der Waals surface area contributed by atoms with Gasteiger partial charge in [-0.3, -0.25) is 9.69 Å². The predicted octanol–water partition coefficient (Wildman–Crippen LogP) is 5.56. The molecule has 1 heterocycles. The molecule has 9 heteroatoms. The van der Waals surface area contributed by atoms with Crippen LogP contribution in [0.4, 0.5) is 26.3 Å². The number of halogens is 6. The minimum absolute atomic E-state index is 0.00534. The van der Waals surface area contributed by atoms with Crippen LogP contribution < -0.4 is 0 Å². The topological polar surface area (TPSA) is 23.6 Å². The number of carbonyl (C=O) groups is 1. The summed E-state index contributed by atoms with van der Waals surface area (Å²) < 4.78 is 78.6. The van der Waals surface area contributed by atoms with Gasteiger partial charge >= 0.3 is 12.4 Å². The van der Waals surface area contributed by atoms with Gasteiger partial charge in [-0.25, -0.2) is 0 Å². The smallest absolute Gasteiger partial charge is 0.344 e. The fraction of sp³-hybridized carbons (Fsp3) is 0.435. The van der Waals surface area contributed by atoms with E-state index in [0.29, 0.717) is 12.1 Å². The first-order valence-electron chi connectivity index (χ1n) is 10.3. The highest BCUT2D eigenvalue weighted by atomic mass is 19.4. The van der Waals surface area contributed by atoms with Crippen LogP contribution in [-0.2, 0) is 23.6 Å². The Balaban J connectivity index is 1.79. The third kappa shape index (κ3) is 5.82. The maximum Gasteiger partial charge on any atom is 0.416 e. The number of hydrogen-bond donors (Lipinski definition) is 0. The van der Waals surface area contributed by atoms with Crippen LogP contribution in [0.25, 0.3) is 0 Å². The number of nitrogens with zero attached hydrogens (tertiary/aromatic N) is 2. The van der Waals surface area contributed by atoms with Crippen LogP contribution in [0.1, 0.15) is 41.1 Å². The molecule has 0 spiro atoms. The fourth-order valence-corrected chi connectivity index (χ4v) is 3.92. The lowest BCUT2D eigenvalue weighted by molar-refractivity contribution is -0.143. The molecule has 0 saturated carbocycles. The van der Waals surface area contributed by atoms with Crippen molar-refractivity contribution in [2.45, 2.75) is 37.7 Å². The van der Waals surface area contributed by atoms with Crippen LogP contribution in [-0.4, -0.2) is 42.4 Å². The summed E-state index contributed by atoms with van der Waals surface area (Å²) in [6.45, 7) is 1.50. The third-order valence-corrected chi connectivity index (χ3v) is 5.61. The normalized spacial score (nSPS) is 16.2. The molecule has 2 aromatic carbocycles. The second-order valence-electron chi connectivity index (χ2n) is 7.98. The molecule has 0 aliphatic carbocycles. The first-order valence-corrected chi connectivity index (χ1v) is 10.3. The molecule has 1 unspecified atom stereocenters. The Morgan fingerprint density at radius 2 is 1.47 bits per heavy atom. The number of amides is 1. The van der Waals surface area contributed by atoms with Crippen molar-refractivity contribution < 1.29 is 31.1 Å². The Bertz CT molecular complexity index is 888. The SMILES string of the molecule is CN(CCc1cc(C(F)(F)F)cc(C(F)(F)F)c1)C(=O)C(c1ccccc1)N1CCCC1. The Kier molecular flexibility index (Phi) is 7.17. The molecule has 0 N–H and O–H groups in total. The molecule has 32 heavy (non-hydrogen) atoms. The Hall–Kier alpha value is -2.55. The van der Waals surface area contributed by atoms with E-state index in [-0.39, 0.29) is 30.5 Å². The second-order valence-corrected chi connectivity index (χ2v) is 7.98. The molecule has 1 fully saturated rings. The summed E-state index contributed by atoms with van der Waals surface area (Å²) in [5.41, 5.74) is -2.01. The van der Waals surface area contributed by atoms with Gasteiger partial charge in [0.1, 0.15) is 6.04 Å². The zero-order valence-electron chi connectivity index (χ0n) is 17.5. The van der Waals surface area contributed by atoms with Crippen LogP contribution in [0.2, 0.25) is 0 Å². The number of hydrogen-bond acceptors (Lipinski definition) is 2. The molecule has 1 amide bonds. The van der Waals surface area contributed by atoms with E-state index >= 15 is 0 Å². The van der Waals surface area contributed by atoms with E-state index in [1.54, 1.807) is 0 Å².